The third kappa shape index (κ3) is 2.62. The number of rotatable bonds is 3. The van der Waals surface area contributed by atoms with Gasteiger partial charge in [-0.3, -0.25) is 14.9 Å². The summed E-state index contributed by atoms with van der Waals surface area (Å²) < 4.78 is 5.33. The average Bonchev–Trinajstić information content (AvgIpc) is 2.99. The van der Waals surface area contributed by atoms with E-state index < -0.39 is 11.1 Å². The van der Waals surface area contributed by atoms with Crippen molar-refractivity contribution < 1.29 is 14.5 Å². The predicted molar refractivity (Wildman–Crippen MR) is 94.4 cm³/mol. The van der Waals surface area contributed by atoms with E-state index in [2.05, 4.69) is 10.6 Å². The number of thiophene rings is 1. The quantitative estimate of drug-likeness (QED) is 0.647. The van der Waals surface area contributed by atoms with Gasteiger partial charge in [0.2, 0.25) is 0 Å². The first-order valence-electron chi connectivity index (χ1n) is 8.12. The number of aryl methyl sites for hydroxylation is 1. The van der Waals surface area contributed by atoms with Crippen LogP contribution in [0.4, 0.5) is 10.7 Å². The van der Waals surface area contributed by atoms with Crippen molar-refractivity contribution in [2.45, 2.75) is 31.8 Å². The van der Waals surface area contributed by atoms with Crippen molar-refractivity contribution in [3.63, 3.8) is 0 Å². The zero-order valence-corrected chi connectivity index (χ0v) is 14.4. The Hall–Kier alpha value is -2.61. The molecule has 0 spiro atoms. The number of nitro groups is 1. The summed E-state index contributed by atoms with van der Waals surface area (Å²) >= 11 is 1.62. The number of anilines is 1. The van der Waals surface area contributed by atoms with E-state index in [9.17, 15) is 14.9 Å². The number of hydrogen-bond acceptors (Lipinski definition) is 6. The first-order chi connectivity index (χ1) is 12.1. The summed E-state index contributed by atoms with van der Waals surface area (Å²) in [6, 6.07) is 4.38. The average molecular weight is 359 g/mol. The van der Waals surface area contributed by atoms with Gasteiger partial charge < -0.3 is 15.4 Å². The molecule has 0 unspecified atom stereocenters. The third-order valence-corrected chi connectivity index (χ3v) is 5.91. The van der Waals surface area contributed by atoms with E-state index in [-0.39, 0.29) is 11.6 Å². The van der Waals surface area contributed by atoms with Gasteiger partial charge in [0.25, 0.3) is 11.6 Å². The molecule has 2 N–H and O–H groups in total. The molecular formula is C17H17N3O4S. The van der Waals surface area contributed by atoms with Crippen LogP contribution in [0.1, 0.15) is 45.4 Å². The number of fused-ring (bicyclic) bond motifs is 3. The van der Waals surface area contributed by atoms with Gasteiger partial charge in [0, 0.05) is 22.6 Å². The molecule has 1 atom stereocenters. The fourth-order valence-electron chi connectivity index (χ4n) is 3.49. The number of nitrogens with zero attached hydrogens (tertiary/aromatic N) is 1. The summed E-state index contributed by atoms with van der Waals surface area (Å²) in [5.74, 6) is 0.361. The van der Waals surface area contributed by atoms with Gasteiger partial charge in [-0.2, -0.15) is 0 Å². The van der Waals surface area contributed by atoms with E-state index in [1.54, 1.807) is 17.4 Å². The normalized spacial score (nSPS) is 18.6. The first kappa shape index (κ1) is 15.9. The highest BCUT2D eigenvalue weighted by Crippen LogP contribution is 2.42. The van der Waals surface area contributed by atoms with Crippen molar-refractivity contribution in [3.8, 4) is 5.75 Å². The van der Waals surface area contributed by atoms with Crippen molar-refractivity contribution in [1.82, 2.24) is 5.32 Å². The van der Waals surface area contributed by atoms with E-state index in [1.807, 2.05) is 0 Å². The maximum absolute atomic E-state index is 12.7. The lowest BCUT2D eigenvalue weighted by Gasteiger charge is -2.27. The second-order valence-electron chi connectivity index (χ2n) is 6.15. The number of carbonyl (C=O) groups is 1. The molecule has 8 heteroatoms. The molecule has 0 radical (unpaired) electrons. The second-order valence-corrected chi connectivity index (χ2v) is 7.25. The molecular weight excluding hydrogens is 342 g/mol. The molecule has 1 aliphatic carbocycles. The Morgan fingerprint density at radius 1 is 1.28 bits per heavy atom. The molecule has 1 amide bonds. The van der Waals surface area contributed by atoms with Gasteiger partial charge in [-0.15, -0.1) is 11.3 Å². The van der Waals surface area contributed by atoms with Crippen LogP contribution in [0.2, 0.25) is 0 Å². The molecule has 2 heterocycles. The standard InChI is InChI=1S/C17H17N3O4S/c1-24-12-7-6-9(20(22)23)8-11(12)15-18-16(21)14-10-4-2-3-5-13(10)25-17(14)19-15/h6-8,15,19H,2-5H2,1H3,(H,18,21)/t15-/m0/s1. The van der Waals surface area contributed by atoms with E-state index in [0.717, 1.165) is 41.8 Å². The lowest BCUT2D eigenvalue weighted by molar-refractivity contribution is -0.385. The number of hydrogen-bond donors (Lipinski definition) is 2. The van der Waals surface area contributed by atoms with E-state index >= 15 is 0 Å². The Balaban J connectivity index is 1.74. The van der Waals surface area contributed by atoms with Gasteiger partial charge in [-0.25, -0.2) is 0 Å². The van der Waals surface area contributed by atoms with Crippen LogP contribution in [0.5, 0.6) is 5.75 Å². The smallest absolute Gasteiger partial charge is 0.270 e. The van der Waals surface area contributed by atoms with Crippen LogP contribution in [-0.4, -0.2) is 17.9 Å². The van der Waals surface area contributed by atoms with Gasteiger partial charge in [0.1, 0.15) is 16.9 Å². The molecule has 7 nitrogen and oxygen atoms in total. The maximum Gasteiger partial charge on any atom is 0.270 e. The highest BCUT2D eigenvalue weighted by Gasteiger charge is 2.33. The zero-order chi connectivity index (χ0) is 17.6. The molecule has 1 aromatic carbocycles. The number of benzene rings is 1. The fourth-order valence-corrected chi connectivity index (χ4v) is 4.81. The van der Waals surface area contributed by atoms with Crippen LogP contribution in [0.25, 0.3) is 0 Å². The minimum absolute atomic E-state index is 0.0388. The summed E-state index contributed by atoms with van der Waals surface area (Å²) in [7, 11) is 1.50. The largest absolute Gasteiger partial charge is 0.496 e. The first-order valence-corrected chi connectivity index (χ1v) is 8.94. The highest BCUT2D eigenvalue weighted by molar-refractivity contribution is 7.16. The monoisotopic (exact) mass is 359 g/mol. The van der Waals surface area contributed by atoms with E-state index in [4.69, 9.17) is 4.74 Å². The molecule has 0 bridgehead atoms. The van der Waals surface area contributed by atoms with Gasteiger partial charge in [-0.05, 0) is 37.3 Å². The van der Waals surface area contributed by atoms with E-state index in [0.29, 0.717) is 11.3 Å². The van der Waals surface area contributed by atoms with Crippen molar-refractivity contribution >= 4 is 27.9 Å². The molecule has 25 heavy (non-hydrogen) atoms. The topological polar surface area (TPSA) is 93.5 Å². The molecule has 4 rings (SSSR count). The maximum atomic E-state index is 12.7. The van der Waals surface area contributed by atoms with Crippen molar-refractivity contribution in [2.75, 3.05) is 12.4 Å². The summed E-state index contributed by atoms with van der Waals surface area (Å²) in [6.45, 7) is 0. The van der Waals surface area contributed by atoms with Crippen LogP contribution in [0.3, 0.4) is 0 Å². The van der Waals surface area contributed by atoms with Crippen LogP contribution in [-0.2, 0) is 12.8 Å². The Labute approximate surface area is 148 Å². The molecule has 130 valence electrons. The SMILES string of the molecule is COc1ccc([N+](=O)[O-])cc1[C@H]1NC(=O)c2c(sc3c2CCCC3)N1. The van der Waals surface area contributed by atoms with Crippen molar-refractivity contribution in [3.05, 3.63) is 49.9 Å². The molecule has 2 aromatic rings. The Kier molecular flexibility index (Phi) is 3.84. The third-order valence-electron chi connectivity index (χ3n) is 4.68. The number of carbonyl (C=O) groups excluding carboxylic acids is 1. The van der Waals surface area contributed by atoms with Crippen LogP contribution >= 0.6 is 11.3 Å². The number of methoxy groups -OCH3 is 1. The Bertz CT molecular complexity index is 877. The minimum atomic E-state index is -0.560. The van der Waals surface area contributed by atoms with Gasteiger partial charge >= 0.3 is 0 Å². The summed E-state index contributed by atoms with van der Waals surface area (Å²) in [4.78, 5) is 24.6. The summed E-state index contributed by atoms with van der Waals surface area (Å²) in [5.41, 5.74) is 2.39. The van der Waals surface area contributed by atoms with Gasteiger partial charge in [-0.1, -0.05) is 0 Å². The molecule has 0 fully saturated rings. The van der Waals surface area contributed by atoms with Crippen LogP contribution < -0.4 is 15.4 Å². The lowest BCUT2D eigenvalue weighted by atomic mass is 9.94. The van der Waals surface area contributed by atoms with Crippen LogP contribution in [0, 0.1) is 10.1 Å². The lowest BCUT2D eigenvalue weighted by Crippen LogP contribution is -2.38. The predicted octanol–water partition coefficient (Wildman–Crippen LogP) is 3.40. The Morgan fingerprint density at radius 2 is 2.08 bits per heavy atom. The number of nitrogens with one attached hydrogen (secondary N) is 2. The summed E-state index contributed by atoms with van der Waals surface area (Å²) in [5, 5.41) is 18.2. The van der Waals surface area contributed by atoms with Crippen LogP contribution in [0.15, 0.2) is 18.2 Å². The van der Waals surface area contributed by atoms with Crippen molar-refractivity contribution in [2.24, 2.45) is 0 Å². The minimum Gasteiger partial charge on any atom is -0.496 e. The highest BCUT2D eigenvalue weighted by atomic mass is 32.1. The van der Waals surface area contributed by atoms with Gasteiger partial charge in [0.05, 0.1) is 17.6 Å². The number of nitro benzene ring substituents is 1. The molecule has 0 saturated heterocycles. The zero-order valence-electron chi connectivity index (χ0n) is 13.6. The number of ether oxygens (including phenoxy) is 1. The molecule has 1 aliphatic heterocycles. The fraction of sp³-hybridized carbons (Fsp3) is 0.353. The molecule has 0 saturated carbocycles. The van der Waals surface area contributed by atoms with E-state index in [1.165, 1.54) is 24.1 Å². The molecule has 1 aromatic heterocycles. The summed E-state index contributed by atoms with van der Waals surface area (Å²) in [6.07, 6.45) is 3.63. The van der Waals surface area contributed by atoms with Crippen molar-refractivity contribution in [1.29, 1.82) is 0 Å². The number of amides is 1. The Morgan fingerprint density at radius 3 is 2.84 bits per heavy atom. The number of non-ortho nitro benzene ring substituents is 1. The molecule has 2 aliphatic rings. The second kappa shape index (κ2) is 6.03. The van der Waals surface area contributed by atoms with Gasteiger partial charge in [0.15, 0.2) is 0 Å².